The second-order valence-corrected chi connectivity index (χ2v) is 7.06. The predicted octanol–water partition coefficient (Wildman–Crippen LogP) is 4.53. The van der Waals surface area contributed by atoms with Gasteiger partial charge in [-0.05, 0) is 25.0 Å². The number of hydrogen-bond donors (Lipinski definition) is 0. The van der Waals surface area contributed by atoms with Gasteiger partial charge in [0.05, 0.1) is 13.2 Å². The summed E-state index contributed by atoms with van der Waals surface area (Å²) in [6.07, 6.45) is 7.65. The van der Waals surface area contributed by atoms with E-state index in [0.29, 0.717) is 25.7 Å². The molecule has 1 aromatic carbocycles. The highest BCUT2D eigenvalue weighted by molar-refractivity contribution is 5.95. The Kier molecular flexibility index (Phi) is 9.91. The van der Waals surface area contributed by atoms with Gasteiger partial charge in [0.1, 0.15) is 18.8 Å². The van der Waals surface area contributed by atoms with Crippen molar-refractivity contribution in [2.24, 2.45) is 4.99 Å². The third kappa shape index (κ3) is 8.57. The zero-order chi connectivity index (χ0) is 19.3. The number of unbranched alkanes of at least 4 members (excludes halogenated alkanes) is 4. The van der Waals surface area contributed by atoms with E-state index in [1.165, 1.54) is 32.6 Å². The predicted molar refractivity (Wildman–Crippen MR) is 107 cm³/mol. The highest BCUT2D eigenvalue weighted by Gasteiger charge is 2.20. The number of nitrogens with zero attached hydrogens (tertiary/aromatic N) is 1. The summed E-state index contributed by atoms with van der Waals surface area (Å²) in [5.74, 6) is 0.476. The van der Waals surface area contributed by atoms with E-state index in [4.69, 9.17) is 14.2 Å². The van der Waals surface area contributed by atoms with Crippen molar-refractivity contribution in [3.8, 4) is 0 Å². The Morgan fingerprint density at radius 2 is 1.96 bits per heavy atom. The van der Waals surface area contributed by atoms with Crippen LogP contribution in [0.25, 0.3) is 0 Å². The maximum Gasteiger partial charge on any atom is 0.302 e. The van der Waals surface area contributed by atoms with Crippen LogP contribution in [-0.2, 0) is 19.0 Å². The van der Waals surface area contributed by atoms with E-state index in [1.807, 2.05) is 30.3 Å². The van der Waals surface area contributed by atoms with Gasteiger partial charge in [-0.1, -0.05) is 50.8 Å². The van der Waals surface area contributed by atoms with Crippen molar-refractivity contribution in [2.45, 2.75) is 70.9 Å². The molecular formula is C22H33NO4. The molecule has 0 fully saturated rings. The number of aliphatic imine (C=N–C) groups is 1. The van der Waals surface area contributed by atoms with E-state index in [1.54, 1.807) is 0 Å². The minimum Gasteiger partial charge on any atom is -0.475 e. The Labute approximate surface area is 163 Å². The second-order valence-electron chi connectivity index (χ2n) is 7.06. The van der Waals surface area contributed by atoms with Gasteiger partial charge in [0, 0.05) is 18.9 Å². The van der Waals surface area contributed by atoms with Gasteiger partial charge in [-0.25, -0.2) is 4.99 Å². The average molecular weight is 376 g/mol. The monoisotopic (exact) mass is 375 g/mol. The van der Waals surface area contributed by atoms with Crippen molar-refractivity contribution >= 4 is 11.9 Å². The highest BCUT2D eigenvalue weighted by Crippen LogP contribution is 2.14. The Hall–Kier alpha value is -1.88. The Morgan fingerprint density at radius 3 is 2.70 bits per heavy atom. The summed E-state index contributed by atoms with van der Waals surface area (Å²) in [7, 11) is 0. The molecule has 27 heavy (non-hydrogen) atoms. The quantitative estimate of drug-likeness (QED) is 0.375. The average Bonchev–Trinajstić information content (AvgIpc) is 3.14. The summed E-state index contributed by atoms with van der Waals surface area (Å²) in [5.41, 5.74) is 0.998. The van der Waals surface area contributed by atoms with E-state index >= 15 is 0 Å². The van der Waals surface area contributed by atoms with Gasteiger partial charge < -0.3 is 14.2 Å². The topological polar surface area (TPSA) is 57.1 Å². The van der Waals surface area contributed by atoms with E-state index in [9.17, 15) is 4.79 Å². The lowest BCUT2D eigenvalue weighted by atomic mass is 10.1. The largest absolute Gasteiger partial charge is 0.475 e. The molecule has 0 bridgehead atoms. The Bertz CT molecular complexity index is 573. The van der Waals surface area contributed by atoms with Crippen LogP contribution in [-0.4, -0.2) is 43.8 Å². The van der Waals surface area contributed by atoms with Crippen molar-refractivity contribution in [3.05, 3.63) is 35.9 Å². The van der Waals surface area contributed by atoms with E-state index < -0.39 is 0 Å². The third-order valence-electron chi connectivity index (χ3n) is 4.59. The van der Waals surface area contributed by atoms with Gasteiger partial charge >= 0.3 is 5.97 Å². The first kappa shape index (κ1) is 21.4. The molecule has 0 aliphatic carbocycles. The number of ether oxygens (including phenoxy) is 3. The molecule has 2 rings (SSSR count). The first-order valence-corrected chi connectivity index (χ1v) is 10.2. The van der Waals surface area contributed by atoms with Crippen molar-refractivity contribution in [1.82, 2.24) is 0 Å². The molecule has 0 saturated carbocycles. The van der Waals surface area contributed by atoms with Crippen LogP contribution in [0.2, 0.25) is 0 Å². The molecule has 0 saturated heterocycles. The zero-order valence-electron chi connectivity index (χ0n) is 16.7. The summed E-state index contributed by atoms with van der Waals surface area (Å²) < 4.78 is 16.9. The highest BCUT2D eigenvalue weighted by atomic mass is 16.5. The summed E-state index contributed by atoms with van der Waals surface area (Å²) in [5, 5.41) is 0. The Morgan fingerprint density at radius 1 is 1.19 bits per heavy atom. The maximum absolute atomic E-state index is 11.3. The van der Waals surface area contributed by atoms with Gasteiger partial charge in [-0.2, -0.15) is 0 Å². The molecule has 0 radical (unpaired) electrons. The van der Waals surface area contributed by atoms with Crippen LogP contribution in [0.4, 0.5) is 0 Å². The van der Waals surface area contributed by atoms with E-state index in [2.05, 4.69) is 11.9 Å². The van der Waals surface area contributed by atoms with Crippen molar-refractivity contribution in [1.29, 1.82) is 0 Å². The zero-order valence-corrected chi connectivity index (χ0v) is 16.7. The molecule has 0 amide bonds. The van der Waals surface area contributed by atoms with Crippen LogP contribution < -0.4 is 0 Å². The second kappa shape index (κ2) is 12.5. The van der Waals surface area contributed by atoms with Gasteiger partial charge in [-0.3, -0.25) is 4.79 Å². The fourth-order valence-electron chi connectivity index (χ4n) is 3.15. The number of hydrogen-bond acceptors (Lipinski definition) is 5. The van der Waals surface area contributed by atoms with E-state index in [0.717, 1.165) is 24.8 Å². The lowest BCUT2D eigenvalue weighted by molar-refractivity contribution is -0.147. The molecule has 0 unspecified atom stereocenters. The van der Waals surface area contributed by atoms with Crippen LogP contribution in [0.3, 0.4) is 0 Å². The van der Waals surface area contributed by atoms with Crippen molar-refractivity contribution in [2.75, 3.05) is 19.8 Å². The fraction of sp³-hybridized carbons (Fsp3) is 0.636. The number of carbonyl (C=O) groups excluding carboxylic acids is 1. The van der Waals surface area contributed by atoms with Crippen molar-refractivity contribution in [3.63, 3.8) is 0 Å². The minimum absolute atomic E-state index is 0.0291. The van der Waals surface area contributed by atoms with Crippen LogP contribution >= 0.6 is 0 Å². The van der Waals surface area contributed by atoms with Crippen LogP contribution in [0.15, 0.2) is 35.3 Å². The van der Waals surface area contributed by atoms with Gasteiger partial charge in [0.25, 0.3) is 0 Å². The Balaban J connectivity index is 1.65. The van der Waals surface area contributed by atoms with Crippen LogP contribution in [0, 0.1) is 0 Å². The molecule has 1 aromatic rings. The van der Waals surface area contributed by atoms with E-state index in [-0.39, 0.29) is 18.1 Å². The lowest BCUT2D eigenvalue weighted by Crippen LogP contribution is -2.21. The molecule has 1 heterocycles. The molecule has 2 atom stereocenters. The number of rotatable bonds is 13. The molecule has 0 aromatic heterocycles. The summed E-state index contributed by atoms with van der Waals surface area (Å²) in [4.78, 5) is 15.9. The standard InChI is InChI=1S/C22H33NO4/c1-3-4-5-6-10-13-21(27-18(2)24)14-15-25-16-20-17-26-22(23-20)19-11-8-7-9-12-19/h7-9,11-12,20-21H,3-6,10,13-17H2,1-2H3/t20-,21-/m1/s1. The minimum atomic E-state index is -0.213. The smallest absolute Gasteiger partial charge is 0.302 e. The van der Waals surface area contributed by atoms with Gasteiger partial charge in [0.15, 0.2) is 0 Å². The molecule has 0 spiro atoms. The van der Waals surface area contributed by atoms with Gasteiger partial charge in [0.2, 0.25) is 5.90 Å². The fourth-order valence-corrected chi connectivity index (χ4v) is 3.15. The first-order valence-electron chi connectivity index (χ1n) is 10.2. The molecule has 5 heteroatoms. The molecule has 1 aliphatic rings. The third-order valence-corrected chi connectivity index (χ3v) is 4.59. The molecule has 150 valence electrons. The van der Waals surface area contributed by atoms with Gasteiger partial charge in [-0.15, -0.1) is 0 Å². The molecular weight excluding hydrogens is 342 g/mol. The normalized spacial score (nSPS) is 17.3. The number of esters is 1. The maximum atomic E-state index is 11.3. The molecule has 1 aliphatic heterocycles. The number of benzene rings is 1. The molecule has 0 N–H and O–H groups in total. The number of carbonyl (C=O) groups is 1. The lowest BCUT2D eigenvalue weighted by Gasteiger charge is -2.17. The summed E-state index contributed by atoms with van der Waals surface area (Å²) >= 11 is 0. The SMILES string of the molecule is CCCCCCC[C@H](CCOC[C@@H]1COC(c2ccccc2)=N1)OC(C)=O. The van der Waals surface area contributed by atoms with Crippen LogP contribution in [0.1, 0.15) is 64.4 Å². The summed E-state index contributed by atoms with van der Waals surface area (Å²) in [6.45, 7) is 5.33. The first-order chi connectivity index (χ1) is 13.2. The summed E-state index contributed by atoms with van der Waals surface area (Å²) in [6, 6.07) is 9.94. The molecule has 5 nitrogen and oxygen atoms in total. The van der Waals surface area contributed by atoms with Crippen LogP contribution in [0.5, 0.6) is 0 Å². The van der Waals surface area contributed by atoms with Crippen molar-refractivity contribution < 1.29 is 19.0 Å².